The van der Waals surface area contributed by atoms with Crippen LogP contribution in [-0.2, 0) is 11.4 Å². The third-order valence-electron chi connectivity index (χ3n) is 3.08. The predicted octanol–water partition coefficient (Wildman–Crippen LogP) is 2.45. The lowest BCUT2D eigenvalue weighted by molar-refractivity contribution is 0.210. The number of benzene rings is 2. The topological polar surface area (TPSA) is 80.6 Å². The van der Waals surface area contributed by atoms with Gasteiger partial charge in [0, 0.05) is 12.1 Å². The second kappa shape index (κ2) is 7.81. The number of hydrogen-bond donors (Lipinski definition) is 1. The van der Waals surface area contributed by atoms with Crippen molar-refractivity contribution in [3.05, 3.63) is 65.2 Å². The molecule has 0 saturated carbocycles. The number of ether oxygens (including phenoxy) is 1. The van der Waals surface area contributed by atoms with Gasteiger partial charge in [0.15, 0.2) is 0 Å². The van der Waals surface area contributed by atoms with Gasteiger partial charge in [-0.15, -0.1) is 0 Å². The first-order valence-electron chi connectivity index (χ1n) is 6.79. The number of nitrogens with zero attached hydrogens (tertiary/aromatic N) is 2. The summed E-state index contributed by atoms with van der Waals surface area (Å²) in [6, 6.07) is 16.8. The molecule has 0 radical (unpaired) electrons. The van der Waals surface area contributed by atoms with Crippen molar-refractivity contribution in [2.45, 2.75) is 6.54 Å². The predicted molar refractivity (Wildman–Crippen MR) is 84.5 cm³/mol. The molecule has 2 N–H and O–H groups in total. The van der Waals surface area contributed by atoms with Crippen LogP contribution in [0, 0.1) is 11.3 Å². The molecule has 2 aromatic rings. The van der Waals surface area contributed by atoms with Crippen molar-refractivity contribution < 1.29 is 9.57 Å². The normalized spacial score (nSPS) is 10.9. The van der Waals surface area contributed by atoms with Gasteiger partial charge in [0.05, 0.1) is 11.6 Å². The van der Waals surface area contributed by atoms with Gasteiger partial charge in [-0.05, 0) is 29.8 Å². The average molecular weight is 295 g/mol. The van der Waals surface area contributed by atoms with Crippen molar-refractivity contribution in [3.8, 4) is 11.8 Å². The summed E-state index contributed by atoms with van der Waals surface area (Å²) in [5.41, 5.74) is 8.70. The molecule has 0 fully saturated rings. The Morgan fingerprint density at radius 3 is 2.36 bits per heavy atom. The third-order valence-corrected chi connectivity index (χ3v) is 3.08. The lowest BCUT2D eigenvalue weighted by atomic mass is 10.1. The largest absolute Gasteiger partial charge is 0.487 e. The van der Waals surface area contributed by atoms with E-state index >= 15 is 0 Å². The van der Waals surface area contributed by atoms with Gasteiger partial charge in [-0.3, -0.25) is 0 Å². The number of oxime groups is 1. The first-order valence-corrected chi connectivity index (χ1v) is 6.79. The zero-order valence-electron chi connectivity index (χ0n) is 12.3. The maximum Gasteiger partial charge on any atom is 0.134 e. The van der Waals surface area contributed by atoms with Crippen molar-refractivity contribution in [1.82, 2.24) is 0 Å². The second-order valence-corrected chi connectivity index (χ2v) is 4.55. The van der Waals surface area contributed by atoms with Gasteiger partial charge in [0.2, 0.25) is 0 Å². The summed E-state index contributed by atoms with van der Waals surface area (Å²) in [6.45, 7) is 0.767. The first-order chi connectivity index (χ1) is 10.8. The van der Waals surface area contributed by atoms with Crippen molar-refractivity contribution in [3.63, 3.8) is 0 Å². The van der Waals surface area contributed by atoms with Gasteiger partial charge < -0.3 is 15.3 Å². The molecule has 0 amide bonds. The molecule has 0 aliphatic carbocycles. The van der Waals surface area contributed by atoms with Gasteiger partial charge in [-0.1, -0.05) is 29.4 Å². The summed E-state index contributed by atoms with van der Waals surface area (Å²) in [4.78, 5) is 4.87. The van der Waals surface area contributed by atoms with Crippen LogP contribution in [0.2, 0.25) is 0 Å². The SMILES string of the molecule is CO/N=C(\COc1ccc(CN)cc1)c1ccc(C#N)cc1. The molecule has 5 nitrogen and oxygen atoms in total. The maximum atomic E-state index is 8.83. The summed E-state index contributed by atoms with van der Waals surface area (Å²) < 4.78 is 5.71. The molecular formula is C17H17N3O2. The molecule has 0 spiro atoms. The van der Waals surface area contributed by atoms with Crippen molar-refractivity contribution in [2.24, 2.45) is 10.9 Å². The lowest BCUT2D eigenvalue weighted by Gasteiger charge is -2.09. The van der Waals surface area contributed by atoms with Crippen LogP contribution in [0.4, 0.5) is 0 Å². The van der Waals surface area contributed by atoms with E-state index in [0.717, 1.165) is 16.9 Å². The van der Waals surface area contributed by atoms with Gasteiger partial charge in [-0.2, -0.15) is 5.26 Å². The second-order valence-electron chi connectivity index (χ2n) is 4.55. The fourth-order valence-corrected chi connectivity index (χ4v) is 1.88. The van der Waals surface area contributed by atoms with E-state index in [0.29, 0.717) is 17.8 Å². The van der Waals surface area contributed by atoms with Gasteiger partial charge in [-0.25, -0.2) is 0 Å². The highest BCUT2D eigenvalue weighted by molar-refractivity contribution is 6.01. The molecule has 0 heterocycles. The average Bonchev–Trinajstić information content (AvgIpc) is 2.59. The van der Waals surface area contributed by atoms with Crippen LogP contribution in [-0.4, -0.2) is 19.4 Å². The van der Waals surface area contributed by atoms with Gasteiger partial charge in [0.1, 0.15) is 25.2 Å². The summed E-state index contributed by atoms with van der Waals surface area (Å²) in [6.07, 6.45) is 0. The highest BCUT2D eigenvalue weighted by Crippen LogP contribution is 2.13. The fraction of sp³-hybridized carbons (Fsp3) is 0.176. The number of nitrogens with two attached hydrogens (primary N) is 1. The van der Waals surface area contributed by atoms with E-state index in [4.69, 9.17) is 20.6 Å². The van der Waals surface area contributed by atoms with E-state index in [1.165, 1.54) is 7.11 Å². The minimum atomic E-state index is 0.266. The Bertz CT molecular complexity index is 671. The van der Waals surface area contributed by atoms with Crippen molar-refractivity contribution in [1.29, 1.82) is 5.26 Å². The summed E-state index contributed by atoms with van der Waals surface area (Å²) in [5, 5.41) is 12.8. The van der Waals surface area contributed by atoms with Crippen LogP contribution in [0.3, 0.4) is 0 Å². The summed E-state index contributed by atoms with van der Waals surface area (Å²) in [7, 11) is 1.49. The molecule has 0 atom stereocenters. The molecule has 2 aromatic carbocycles. The standard InChI is InChI=1S/C17H17N3O2/c1-21-20-17(15-6-2-13(10-18)3-7-15)12-22-16-8-4-14(11-19)5-9-16/h2-9H,11-12,19H2,1H3/b20-17+. The minimum Gasteiger partial charge on any atom is -0.487 e. The zero-order chi connectivity index (χ0) is 15.8. The third kappa shape index (κ3) is 4.08. The Morgan fingerprint density at radius 2 is 1.82 bits per heavy atom. The number of hydrogen-bond acceptors (Lipinski definition) is 5. The minimum absolute atomic E-state index is 0.266. The molecule has 0 aliphatic rings. The highest BCUT2D eigenvalue weighted by Gasteiger charge is 2.06. The van der Waals surface area contributed by atoms with Gasteiger partial charge >= 0.3 is 0 Å². The van der Waals surface area contributed by atoms with Gasteiger partial charge in [0.25, 0.3) is 0 Å². The first kappa shape index (κ1) is 15.5. The summed E-state index contributed by atoms with van der Waals surface area (Å²) >= 11 is 0. The summed E-state index contributed by atoms with van der Waals surface area (Å²) in [5.74, 6) is 0.731. The maximum absolute atomic E-state index is 8.83. The van der Waals surface area contributed by atoms with Crippen LogP contribution in [0.1, 0.15) is 16.7 Å². The van der Waals surface area contributed by atoms with Crippen LogP contribution in [0.15, 0.2) is 53.7 Å². The van der Waals surface area contributed by atoms with E-state index in [9.17, 15) is 0 Å². The molecular weight excluding hydrogens is 278 g/mol. The molecule has 112 valence electrons. The van der Waals surface area contributed by atoms with Crippen molar-refractivity contribution in [2.75, 3.05) is 13.7 Å². The lowest BCUT2D eigenvalue weighted by Crippen LogP contribution is -2.13. The Morgan fingerprint density at radius 1 is 1.14 bits per heavy atom. The zero-order valence-corrected chi connectivity index (χ0v) is 12.3. The number of nitriles is 1. The van der Waals surface area contributed by atoms with E-state index in [1.54, 1.807) is 12.1 Å². The quantitative estimate of drug-likeness (QED) is 0.655. The van der Waals surface area contributed by atoms with Crippen molar-refractivity contribution >= 4 is 5.71 Å². The monoisotopic (exact) mass is 295 g/mol. The smallest absolute Gasteiger partial charge is 0.134 e. The van der Waals surface area contributed by atoms with Crippen LogP contribution in [0.25, 0.3) is 0 Å². The van der Waals surface area contributed by atoms with E-state index in [-0.39, 0.29) is 6.61 Å². The van der Waals surface area contributed by atoms with E-state index < -0.39 is 0 Å². The molecule has 0 saturated heterocycles. The Kier molecular flexibility index (Phi) is 5.52. The molecule has 0 unspecified atom stereocenters. The molecule has 0 aliphatic heterocycles. The highest BCUT2D eigenvalue weighted by atomic mass is 16.6. The molecule has 5 heteroatoms. The Balaban J connectivity index is 2.08. The molecule has 2 rings (SSSR count). The fourth-order valence-electron chi connectivity index (χ4n) is 1.88. The number of rotatable bonds is 6. The van der Waals surface area contributed by atoms with Crippen LogP contribution in [0.5, 0.6) is 5.75 Å². The van der Waals surface area contributed by atoms with Crippen LogP contribution < -0.4 is 10.5 Å². The van der Waals surface area contributed by atoms with E-state index in [1.807, 2.05) is 36.4 Å². The molecule has 0 aromatic heterocycles. The Labute approximate surface area is 129 Å². The molecule has 0 bridgehead atoms. The Hall–Kier alpha value is -2.84. The molecule has 22 heavy (non-hydrogen) atoms. The van der Waals surface area contributed by atoms with Crippen LogP contribution >= 0.6 is 0 Å². The van der Waals surface area contributed by atoms with E-state index in [2.05, 4.69) is 11.2 Å².